The van der Waals surface area contributed by atoms with Crippen LogP contribution < -0.4 is 20.5 Å². The quantitative estimate of drug-likeness (QED) is 0.793. The van der Waals surface area contributed by atoms with Gasteiger partial charge in [-0.05, 0) is 19.9 Å². The lowest BCUT2D eigenvalue weighted by Crippen LogP contribution is -2.41. The predicted molar refractivity (Wildman–Crippen MR) is 77.2 cm³/mol. The van der Waals surface area contributed by atoms with Crippen molar-refractivity contribution in [2.75, 3.05) is 26.1 Å². The third-order valence-electron chi connectivity index (χ3n) is 2.95. The SMILES string of the molecule is CC(C)NC(=O)CN(C)C(=O)c1cc2c(cc1N)OCO2. The number of rotatable bonds is 4. The molecule has 0 bridgehead atoms. The number of amides is 2. The van der Waals surface area contributed by atoms with Gasteiger partial charge in [0.05, 0.1) is 12.1 Å². The number of nitrogens with one attached hydrogen (secondary N) is 1. The van der Waals surface area contributed by atoms with E-state index in [9.17, 15) is 9.59 Å². The monoisotopic (exact) mass is 293 g/mol. The third-order valence-corrected chi connectivity index (χ3v) is 2.95. The van der Waals surface area contributed by atoms with E-state index < -0.39 is 0 Å². The Morgan fingerprint density at radius 1 is 1.33 bits per heavy atom. The maximum absolute atomic E-state index is 12.4. The summed E-state index contributed by atoms with van der Waals surface area (Å²) in [5.41, 5.74) is 6.44. The number of fused-ring (bicyclic) bond motifs is 1. The molecule has 0 aliphatic carbocycles. The summed E-state index contributed by atoms with van der Waals surface area (Å²) in [6.07, 6.45) is 0. The Balaban J connectivity index is 2.11. The van der Waals surface area contributed by atoms with Gasteiger partial charge in [0.25, 0.3) is 5.91 Å². The van der Waals surface area contributed by atoms with Gasteiger partial charge in [-0.3, -0.25) is 9.59 Å². The van der Waals surface area contributed by atoms with Crippen molar-refractivity contribution in [2.45, 2.75) is 19.9 Å². The average Bonchev–Trinajstić information content (AvgIpc) is 2.82. The van der Waals surface area contributed by atoms with Crippen molar-refractivity contribution < 1.29 is 19.1 Å². The summed E-state index contributed by atoms with van der Waals surface area (Å²) in [4.78, 5) is 25.4. The van der Waals surface area contributed by atoms with E-state index in [1.54, 1.807) is 13.1 Å². The number of anilines is 1. The number of hydrogen-bond acceptors (Lipinski definition) is 5. The van der Waals surface area contributed by atoms with Crippen LogP contribution in [0.5, 0.6) is 11.5 Å². The molecule has 3 N–H and O–H groups in total. The molecule has 21 heavy (non-hydrogen) atoms. The van der Waals surface area contributed by atoms with Gasteiger partial charge < -0.3 is 25.4 Å². The Bertz CT molecular complexity index is 572. The molecule has 1 heterocycles. The third kappa shape index (κ3) is 3.36. The van der Waals surface area contributed by atoms with Crippen LogP contribution in [0.25, 0.3) is 0 Å². The number of carbonyl (C=O) groups excluding carboxylic acids is 2. The minimum absolute atomic E-state index is 0.0246. The first kappa shape index (κ1) is 15.0. The van der Waals surface area contributed by atoms with E-state index in [2.05, 4.69) is 5.32 Å². The largest absolute Gasteiger partial charge is 0.454 e. The Hall–Kier alpha value is -2.44. The van der Waals surface area contributed by atoms with E-state index in [4.69, 9.17) is 15.2 Å². The lowest BCUT2D eigenvalue weighted by molar-refractivity contribution is -0.122. The fraction of sp³-hybridized carbons (Fsp3) is 0.429. The molecule has 1 aliphatic rings. The molecule has 0 saturated heterocycles. The zero-order valence-corrected chi connectivity index (χ0v) is 12.3. The first-order valence-electron chi connectivity index (χ1n) is 6.62. The second-order valence-corrected chi connectivity index (χ2v) is 5.18. The Morgan fingerprint density at radius 3 is 2.57 bits per heavy atom. The van der Waals surface area contributed by atoms with Crippen LogP contribution in [0.2, 0.25) is 0 Å². The molecule has 0 spiro atoms. The van der Waals surface area contributed by atoms with Crippen LogP contribution in [0.4, 0.5) is 5.69 Å². The van der Waals surface area contributed by atoms with Gasteiger partial charge in [-0.25, -0.2) is 0 Å². The molecule has 0 unspecified atom stereocenters. The molecule has 2 rings (SSSR count). The highest BCUT2D eigenvalue weighted by atomic mass is 16.7. The zero-order valence-electron chi connectivity index (χ0n) is 12.3. The highest BCUT2D eigenvalue weighted by molar-refractivity contribution is 6.01. The molecule has 0 saturated carbocycles. The number of hydrogen-bond donors (Lipinski definition) is 2. The molecule has 114 valence electrons. The summed E-state index contributed by atoms with van der Waals surface area (Å²) in [6, 6.07) is 3.12. The first-order chi connectivity index (χ1) is 9.88. The van der Waals surface area contributed by atoms with Gasteiger partial charge in [-0.1, -0.05) is 0 Å². The Labute approximate surface area is 123 Å². The van der Waals surface area contributed by atoms with Crippen molar-refractivity contribution in [3.63, 3.8) is 0 Å². The molecular weight excluding hydrogens is 274 g/mol. The molecule has 0 aromatic heterocycles. The number of carbonyl (C=O) groups is 2. The van der Waals surface area contributed by atoms with Crippen LogP contribution in [0.3, 0.4) is 0 Å². The fourth-order valence-corrected chi connectivity index (χ4v) is 2.00. The van der Waals surface area contributed by atoms with E-state index in [0.717, 1.165) is 0 Å². The van der Waals surface area contributed by atoms with Crippen molar-refractivity contribution >= 4 is 17.5 Å². The van der Waals surface area contributed by atoms with Crippen LogP contribution in [-0.2, 0) is 4.79 Å². The Morgan fingerprint density at radius 2 is 1.95 bits per heavy atom. The molecule has 0 radical (unpaired) electrons. The second-order valence-electron chi connectivity index (χ2n) is 5.18. The zero-order chi connectivity index (χ0) is 15.6. The Kier molecular flexibility index (Phi) is 4.21. The van der Waals surface area contributed by atoms with Crippen molar-refractivity contribution in [1.29, 1.82) is 0 Å². The van der Waals surface area contributed by atoms with Gasteiger partial charge in [0.2, 0.25) is 12.7 Å². The van der Waals surface area contributed by atoms with E-state index >= 15 is 0 Å². The first-order valence-corrected chi connectivity index (χ1v) is 6.62. The van der Waals surface area contributed by atoms with Crippen LogP contribution in [-0.4, -0.2) is 43.1 Å². The maximum atomic E-state index is 12.4. The number of likely N-dealkylation sites (N-methyl/N-ethyl adjacent to an activating group) is 1. The number of nitrogen functional groups attached to an aromatic ring is 1. The fourth-order valence-electron chi connectivity index (χ4n) is 2.00. The highest BCUT2D eigenvalue weighted by Gasteiger charge is 2.22. The van der Waals surface area contributed by atoms with Gasteiger partial charge in [0, 0.05) is 24.8 Å². The molecule has 1 aromatic carbocycles. The normalized spacial score (nSPS) is 12.4. The van der Waals surface area contributed by atoms with E-state index in [1.165, 1.54) is 11.0 Å². The molecule has 7 nitrogen and oxygen atoms in total. The summed E-state index contributed by atoms with van der Waals surface area (Å²) in [6.45, 7) is 3.79. The molecular formula is C14H19N3O4. The molecule has 0 fully saturated rings. The van der Waals surface area contributed by atoms with E-state index in [1.807, 2.05) is 13.8 Å². The molecule has 0 atom stereocenters. The maximum Gasteiger partial charge on any atom is 0.256 e. The average molecular weight is 293 g/mol. The van der Waals surface area contributed by atoms with Crippen molar-refractivity contribution in [3.8, 4) is 11.5 Å². The van der Waals surface area contributed by atoms with Gasteiger partial charge >= 0.3 is 0 Å². The van der Waals surface area contributed by atoms with Gasteiger partial charge in [-0.2, -0.15) is 0 Å². The summed E-state index contributed by atoms with van der Waals surface area (Å²) >= 11 is 0. The summed E-state index contributed by atoms with van der Waals surface area (Å²) in [5.74, 6) is 0.432. The topological polar surface area (TPSA) is 93.9 Å². The van der Waals surface area contributed by atoms with Crippen LogP contribution in [0.1, 0.15) is 24.2 Å². The standard InChI is InChI=1S/C14H19N3O4/c1-8(2)16-13(18)6-17(3)14(19)9-4-11-12(5-10(9)15)21-7-20-11/h4-5,8H,6-7,15H2,1-3H3,(H,16,18). The lowest BCUT2D eigenvalue weighted by atomic mass is 10.1. The van der Waals surface area contributed by atoms with Gasteiger partial charge in [-0.15, -0.1) is 0 Å². The summed E-state index contributed by atoms with van der Waals surface area (Å²) in [7, 11) is 1.55. The minimum atomic E-state index is -0.343. The predicted octanol–water partition coefficient (Wildman–Crippen LogP) is 0.594. The van der Waals surface area contributed by atoms with Crippen molar-refractivity contribution in [3.05, 3.63) is 17.7 Å². The van der Waals surface area contributed by atoms with Crippen LogP contribution in [0.15, 0.2) is 12.1 Å². The number of ether oxygens (including phenoxy) is 2. The molecule has 1 aromatic rings. The van der Waals surface area contributed by atoms with Crippen LogP contribution >= 0.6 is 0 Å². The highest BCUT2D eigenvalue weighted by Crippen LogP contribution is 2.36. The summed E-state index contributed by atoms with van der Waals surface area (Å²) in [5, 5.41) is 2.73. The number of nitrogens with two attached hydrogens (primary N) is 1. The van der Waals surface area contributed by atoms with Crippen molar-refractivity contribution in [1.82, 2.24) is 10.2 Å². The minimum Gasteiger partial charge on any atom is -0.454 e. The lowest BCUT2D eigenvalue weighted by Gasteiger charge is -2.19. The van der Waals surface area contributed by atoms with E-state index in [0.29, 0.717) is 22.7 Å². The van der Waals surface area contributed by atoms with Crippen LogP contribution in [0, 0.1) is 0 Å². The van der Waals surface area contributed by atoms with Crippen molar-refractivity contribution in [2.24, 2.45) is 0 Å². The van der Waals surface area contributed by atoms with E-state index in [-0.39, 0.29) is 31.2 Å². The second kappa shape index (κ2) is 5.90. The van der Waals surface area contributed by atoms with Gasteiger partial charge in [0.15, 0.2) is 11.5 Å². The number of nitrogens with zero attached hydrogens (tertiary/aromatic N) is 1. The summed E-state index contributed by atoms with van der Waals surface area (Å²) < 4.78 is 10.4. The molecule has 1 aliphatic heterocycles. The smallest absolute Gasteiger partial charge is 0.256 e. The molecule has 2 amide bonds. The molecule has 7 heteroatoms. The van der Waals surface area contributed by atoms with Gasteiger partial charge in [0.1, 0.15) is 0 Å². The number of benzene rings is 1.